The first kappa shape index (κ1) is 16.4. The monoisotopic (exact) mass is 257 g/mol. The average molecular weight is 257 g/mol. The van der Waals surface area contributed by atoms with Gasteiger partial charge < -0.3 is 19.7 Å². The molecule has 1 unspecified atom stereocenters. The minimum Gasteiger partial charge on any atom is -0.444 e. The van der Waals surface area contributed by atoms with E-state index >= 15 is 0 Å². The van der Waals surface area contributed by atoms with Crippen molar-refractivity contribution in [2.75, 3.05) is 20.1 Å². The Morgan fingerprint density at radius 1 is 1.50 bits per heavy atom. The third kappa shape index (κ3) is 7.65. The quantitative estimate of drug-likeness (QED) is 0.439. The maximum Gasteiger partial charge on any atom is 0.408 e. The number of nitrogens with zero attached hydrogens (tertiary/aromatic N) is 2. The standard InChI is InChI=1S/C12H23N3O3/c1-6-15(9-13-5)7-10(8-16)14-11(17)18-12(2,3)4/h8-10H,6-7H2,1-5H3,(H,14,17). The summed E-state index contributed by atoms with van der Waals surface area (Å²) in [5.74, 6) is 0. The fourth-order valence-electron chi connectivity index (χ4n) is 1.26. The van der Waals surface area contributed by atoms with Crippen LogP contribution in [0.15, 0.2) is 4.99 Å². The first-order valence-corrected chi connectivity index (χ1v) is 5.93. The van der Waals surface area contributed by atoms with Gasteiger partial charge in [0, 0.05) is 20.1 Å². The number of carbonyl (C=O) groups is 2. The molecule has 104 valence electrons. The maximum absolute atomic E-state index is 11.5. The van der Waals surface area contributed by atoms with E-state index in [1.165, 1.54) is 0 Å². The van der Waals surface area contributed by atoms with Crippen LogP contribution in [0.4, 0.5) is 4.79 Å². The summed E-state index contributed by atoms with van der Waals surface area (Å²) in [7, 11) is 1.65. The number of likely N-dealkylation sites (N-methyl/N-ethyl adjacent to an activating group) is 1. The third-order valence-corrected chi connectivity index (χ3v) is 1.98. The fraction of sp³-hybridized carbons (Fsp3) is 0.750. The molecule has 0 saturated heterocycles. The zero-order valence-electron chi connectivity index (χ0n) is 11.8. The Labute approximate surface area is 108 Å². The summed E-state index contributed by atoms with van der Waals surface area (Å²) >= 11 is 0. The number of ether oxygens (including phenoxy) is 1. The lowest BCUT2D eigenvalue weighted by molar-refractivity contribution is -0.109. The van der Waals surface area contributed by atoms with Crippen LogP contribution in [0.2, 0.25) is 0 Å². The van der Waals surface area contributed by atoms with E-state index in [-0.39, 0.29) is 0 Å². The molecule has 0 aliphatic carbocycles. The smallest absolute Gasteiger partial charge is 0.408 e. The van der Waals surface area contributed by atoms with Gasteiger partial charge in [-0.25, -0.2) is 4.79 Å². The van der Waals surface area contributed by atoms with E-state index in [0.717, 1.165) is 0 Å². The van der Waals surface area contributed by atoms with Crippen molar-refractivity contribution in [2.24, 2.45) is 4.99 Å². The zero-order chi connectivity index (χ0) is 14.2. The summed E-state index contributed by atoms with van der Waals surface area (Å²) in [5.41, 5.74) is -0.577. The molecule has 0 rings (SSSR count). The molecule has 0 spiro atoms. The SMILES string of the molecule is CCN(C=NC)CC(C=O)NC(=O)OC(C)(C)C. The lowest BCUT2D eigenvalue weighted by Crippen LogP contribution is -2.46. The van der Waals surface area contributed by atoms with Crippen molar-refractivity contribution in [1.82, 2.24) is 10.2 Å². The minimum absolute atomic E-state index is 0.372. The highest BCUT2D eigenvalue weighted by Gasteiger charge is 2.19. The van der Waals surface area contributed by atoms with E-state index in [1.54, 1.807) is 34.2 Å². The van der Waals surface area contributed by atoms with Crippen LogP contribution in [0, 0.1) is 0 Å². The summed E-state index contributed by atoms with van der Waals surface area (Å²) < 4.78 is 5.08. The predicted molar refractivity (Wildman–Crippen MR) is 70.9 cm³/mol. The number of nitrogens with one attached hydrogen (secondary N) is 1. The molecule has 0 fully saturated rings. The molecule has 0 bridgehead atoms. The van der Waals surface area contributed by atoms with E-state index in [9.17, 15) is 9.59 Å². The Bertz CT molecular complexity index is 297. The Morgan fingerprint density at radius 3 is 2.50 bits per heavy atom. The second-order valence-electron chi connectivity index (χ2n) is 4.85. The van der Waals surface area contributed by atoms with Crippen molar-refractivity contribution in [1.29, 1.82) is 0 Å². The summed E-state index contributed by atoms with van der Waals surface area (Å²) in [4.78, 5) is 28.1. The molecule has 0 aliphatic rings. The Balaban J connectivity index is 4.34. The van der Waals surface area contributed by atoms with Gasteiger partial charge in [0.15, 0.2) is 0 Å². The van der Waals surface area contributed by atoms with Gasteiger partial charge in [-0.05, 0) is 27.7 Å². The number of alkyl carbamates (subject to hydrolysis) is 1. The number of hydrogen-bond donors (Lipinski definition) is 1. The van der Waals surface area contributed by atoms with Gasteiger partial charge >= 0.3 is 6.09 Å². The molecule has 6 nitrogen and oxygen atoms in total. The molecule has 0 radical (unpaired) electrons. The van der Waals surface area contributed by atoms with Crippen LogP contribution in [-0.4, -0.2) is 55.4 Å². The van der Waals surface area contributed by atoms with Gasteiger partial charge in [0.1, 0.15) is 17.9 Å². The van der Waals surface area contributed by atoms with Crippen LogP contribution in [0.25, 0.3) is 0 Å². The summed E-state index contributed by atoms with van der Waals surface area (Å²) in [6.07, 6.45) is 1.73. The molecule has 0 aromatic carbocycles. The Kier molecular flexibility index (Phi) is 7.00. The summed E-state index contributed by atoms with van der Waals surface area (Å²) in [6, 6.07) is -0.613. The van der Waals surface area contributed by atoms with Crippen molar-refractivity contribution >= 4 is 18.7 Å². The highest BCUT2D eigenvalue weighted by Crippen LogP contribution is 2.06. The lowest BCUT2D eigenvalue weighted by Gasteiger charge is -2.24. The number of carbonyl (C=O) groups excluding carboxylic acids is 2. The van der Waals surface area contributed by atoms with Crippen LogP contribution in [0.3, 0.4) is 0 Å². The van der Waals surface area contributed by atoms with Crippen molar-refractivity contribution in [3.8, 4) is 0 Å². The molecule has 1 amide bonds. The van der Waals surface area contributed by atoms with Crippen molar-refractivity contribution < 1.29 is 14.3 Å². The summed E-state index contributed by atoms with van der Waals surface area (Å²) in [5, 5.41) is 2.51. The highest BCUT2D eigenvalue weighted by molar-refractivity contribution is 5.74. The molecular weight excluding hydrogens is 234 g/mol. The number of amides is 1. The van der Waals surface area contributed by atoms with Crippen LogP contribution in [-0.2, 0) is 9.53 Å². The Hall–Kier alpha value is -1.59. The molecule has 1 atom stereocenters. The molecule has 18 heavy (non-hydrogen) atoms. The maximum atomic E-state index is 11.5. The minimum atomic E-state index is -0.613. The summed E-state index contributed by atoms with van der Waals surface area (Å²) in [6.45, 7) is 8.32. The highest BCUT2D eigenvalue weighted by atomic mass is 16.6. The van der Waals surface area contributed by atoms with Crippen LogP contribution in [0.1, 0.15) is 27.7 Å². The fourth-order valence-corrected chi connectivity index (χ4v) is 1.26. The van der Waals surface area contributed by atoms with Crippen LogP contribution < -0.4 is 5.32 Å². The second-order valence-corrected chi connectivity index (χ2v) is 4.85. The van der Waals surface area contributed by atoms with Gasteiger partial charge in [-0.15, -0.1) is 0 Å². The van der Waals surface area contributed by atoms with E-state index < -0.39 is 17.7 Å². The van der Waals surface area contributed by atoms with Gasteiger partial charge in [0.05, 0.1) is 6.34 Å². The predicted octanol–water partition coefficient (Wildman–Crippen LogP) is 1.06. The van der Waals surface area contributed by atoms with E-state index in [4.69, 9.17) is 4.74 Å². The molecule has 1 N–H and O–H groups in total. The zero-order valence-corrected chi connectivity index (χ0v) is 11.8. The molecule has 0 aromatic rings. The van der Waals surface area contributed by atoms with Gasteiger partial charge in [-0.2, -0.15) is 0 Å². The van der Waals surface area contributed by atoms with Crippen molar-refractivity contribution in [2.45, 2.75) is 39.3 Å². The molecule has 0 aromatic heterocycles. The third-order valence-electron chi connectivity index (χ3n) is 1.98. The normalized spacial score (nSPS) is 13.2. The Morgan fingerprint density at radius 2 is 2.11 bits per heavy atom. The first-order valence-electron chi connectivity index (χ1n) is 5.93. The number of aldehydes is 1. The number of rotatable bonds is 6. The number of aliphatic imine (C=N–C) groups is 1. The van der Waals surface area contributed by atoms with Crippen LogP contribution in [0.5, 0.6) is 0 Å². The lowest BCUT2D eigenvalue weighted by atomic mass is 10.2. The average Bonchev–Trinajstić information content (AvgIpc) is 2.24. The largest absolute Gasteiger partial charge is 0.444 e. The molecule has 0 saturated carbocycles. The van der Waals surface area contributed by atoms with Crippen LogP contribution >= 0.6 is 0 Å². The second kappa shape index (κ2) is 7.68. The molecular formula is C12H23N3O3. The van der Waals surface area contributed by atoms with E-state index in [1.807, 2.05) is 11.8 Å². The molecule has 6 heteroatoms. The number of hydrogen-bond acceptors (Lipinski definition) is 4. The topological polar surface area (TPSA) is 71.0 Å². The van der Waals surface area contributed by atoms with Crippen molar-refractivity contribution in [3.63, 3.8) is 0 Å². The molecule has 0 heterocycles. The van der Waals surface area contributed by atoms with Gasteiger partial charge in [0.2, 0.25) is 0 Å². The van der Waals surface area contributed by atoms with E-state index in [2.05, 4.69) is 10.3 Å². The van der Waals surface area contributed by atoms with Gasteiger partial charge in [0.25, 0.3) is 0 Å². The van der Waals surface area contributed by atoms with Crippen molar-refractivity contribution in [3.05, 3.63) is 0 Å². The van der Waals surface area contributed by atoms with Gasteiger partial charge in [-0.1, -0.05) is 0 Å². The van der Waals surface area contributed by atoms with E-state index in [0.29, 0.717) is 19.4 Å². The molecule has 0 aliphatic heterocycles. The first-order chi connectivity index (χ1) is 8.32. The van der Waals surface area contributed by atoms with Gasteiger partial charge in [-0.3, -0.25) is 4.99 Å².